The predicted octanol–water partition coefficient (Wildman–Crippen LogP) is 3.89. The van der Waals surface area contributed by atoms with Crippen molar-refractivity contribution in [2.75, 3.05) is 23.8 Å². The standard InChI is InChI=1S/C22H27N3O4/c1-3-16(2)17-9-11-19(12-10-17)24-20(26)15-29-21(27)13-14-23-22(28)25-18-7-5-4-6-8-18/h4-12,16H,3,13-15H2,1-2H3,(H,24,26)(H2,23,25,28)/t16-/m1/s1. The molecular weight excluding hydrogens is 370 g/mol. The van der Waals surface area contributed by atoms with Gasteiger partial charge in [-0.15, -0.1) is 0 Å². The molecule has 0 heterocycles. The van der Waals surface area contributed by atoms with Crippen LogP contribution in [0.3, 0.4) is 0 Å². The number of benzene rings is 2. The van der Waals surface area contributed by atoms with Gasteiger partial charge < -0.3 is 20.7 Å². The van der Waals surface area contributed by atoms with E-state index in [0.717, 1.165) is 6.42 Å². The summed E-state index contributed by atoms with van der Waals surface area (Å²) in [6, 6.07) is 16.2. The number of carbonyl (C=O) groups excluding carboxylic acids is 3. The molecule has 29 heavy (non-hydrogen) atoms. The van der Waals surface area contributed by atoms with E-state index < -0.39 is 17.9 Å². The van der Waals surface area contributed by atoms with E-state index in [-0.39, 0.29) is 19.6 Å². The smallest absolute Gasteiger partial charge is 0.319 e. The maximum Gasteiger partial charge on any atom is 0.319 e. The van der Waals surface area contributed by atoms with E-state index in [9.17, 15) is 14.4 Å². The summed E-state index contributed by atoms with van der Waals surface area (Å²) >= 11 is 0. The number of esters is 1. The molecule has 2 rings (SSSR count). The van der Waals surface area contributed by atoms with Gasteiger partial charge in [-0.05, 0) is 42.2 Å². The van der Waals surface area contributed by atoms with Crippen LogP contribution in [0.5, 0.6) is 0 Å². The minimum absolute atomic E-state index is 0.0287. The number of nitrogens with one attached hydrogen (secondary N) is 3. The van der Waals surface area contributed by atoms with Crippen LogP contribution in [0.15, 0.2) is 54.6 Å². The van der Waals surface area contributed by atoms with Gasteiger partial charge in [-0.1, -0.05) is 44.2 Å². The summed E-state index contributed by atoms with van der Waals surface area (Å²) in [5.74, 6) is -0.513. The third-order valence-electron chi connectivity index (χ3n) is 4.39. The fraction of sp³-hybridized carbons (Fsp3) is 0.318. The van der Waals surface area contributed by atoms with Gasteiger partial charge in [0.15, 0.2) is 6.61 Å². The molecule has 0 aliphatic heterocycles. The highest BCUT2D eigenvalue weighted by molar-refractivity contribution is 5.93. The molecule has 0 aliphatic rings. The van der Waals surface area contributed by atoms with Crippen molar-refractivity contribution in [2.24, 2.45) is 0 Å². The minimum atomic E-state index is -0.563. The van der Waals surface area contributed by atoms with Crippen molar-refractivity contribution in [3.8, 4) is 0 Å². The van der Waals surface area contributed by atoms with Crippen LogP contribution in [-0.2, 0) is 14.3 Å². The van der Waals surface area contributed by atoms with E-state index in [1.54, 1.807) is 24.3 Å². The number of ether oxygens (including phenoxy) is 1. The quantitative estimate of drug-likeness (QED) is 0.559. The van der Waals surface area contributed by atoms with Gasteiger partial charge in [0, 0.05) is 17.9 Å². The molecule has 3 amide bonds. The van der Waals surface area contributed by atoms with Crippen LogP contribution in [0.1, 0.15) is 38.2 Å². The maximum absolute atomic E-state index is 11.9. The molecule has 0 radical (unpaired) electrons. The van der Waals surface area contributed by atoms with Gasteiger partial charge in [0.05, 0.1) is 6.42 Å². The normalized spacial score (nSPS) is 11.2. The van der Waals surface area contributed by atoms with Gasteiger partial charge in [-0.2, -0.15) is 0 Å². The summed E-state index contributed by atoms with van der Waals surface area (Å²) in [7, 11) is 0. The fourth-order valence-corrected chi connectivity index (χ4v) is 2.52. The zero-order valence-electron chi connectivity index (χ0n) is 16.7. The van der Waals surface area contributed by atoms with E-state index in [4.69, 9.17) is 4.74 Å². The second-order valence-corrected chi connectivity index (χ2v) is 6.64. The van der Waals surface area contributed by atoms with Crippen LogP contribution in [0.4, 0.5) is 16.2 Å². The fourth-order valence-electron chi connectivity index (χ4n) is 2.52. The van der Waals surface area contributed by atoms with Crippen molar-refractivity contribution in [2.45, 2.75) is 32.6 Å². The van der Waals surface area contributed by atoms with Gasteiger partial charge in [0.2, 0.25) is 0 Å². The highest BCUT2D eigenvalue weighted by Gasteiger charge is 2.09. The largest absolute Gasteiger partial charge is 0.456 e. The van der Waals surface area contributed by atoms with Crippen LogP contribution in [0.2, 0.25) is 0 Å². The van der Waals surface area contributed by atoms with E-state index in [0.29, 0.717) is 17.3 Å². The summed E-state index contributed by atoms with van der Waals surface area (Å²) in [6.07, 6.45) is 1.02. The van der Waals surface area contributed by atoms with E-state index >= 15 is 0 Å². The van der Waals surface area contributed by atoms with Crippen LogP contribution in [0, 0.1) is 0 Å². The lowest BCUT2D eigenvalue weighted by Crippen LogP contribution is -2.31. The Labute approximate surface area is 170 Å². The Hall–Kier alpha value is -3.35. The average molecular weight is 397 g/mol. The molecule has 0 aliphatic carbocycles. The number of para-hydroxylation sites is 1. The monoisotopic (exact) mass is 397 g/mol. The second kappa shape index (κ2) is 11.5. The molecule has 0 bridgehead atoms. The highest BCUT2D eigenvalue weighted by Crippen LogP contribution is 2.20. The number of anilines is 2. The maximum atomic E-state index is 11.9. The topological polar surface area (TPSA) is 96.5 Å². The number of carbonyl (C=O) groups is 3. The summed E-state index contributed by atoms with van der Waals surface area (Å²) in [4.78, 5) is 35.3. The van der Waals surface area contributed by atoms with Crippen LogP contribution in [0.25, 0.3) is 0 Å². The summed E-state index contributed by atoms with van der Waals surface area (Å²) in [5, 5.41) is 7.89. The third-order valence-corrected chi connectivity index (χ3v) is 4.39. The van der Waals surface area contributed by atoms with Gasteiger partial charge in [0.25, 0.3) is 5.91 Å². The number of rotatable bonds is 9. The molecule has 3 N–H and O–H groups in total. The molecule has 7 nitrogen and oxygen atoms in total. The SMILES string of the molecule is CC[C@@H](C)c1ccc(NC(=O)COC(=O)CCNC(=O)Nc2ccccc2)cc1. The Balaban J connectivity index is 1.63. The first-order valence-corrected chi connectivity index (χ1v) is 9.63. The van der Waals surface area contributed by atoms with Crippen molar-refractivity contribution in [3.63, 3.8) is 0 Å². The first kappa shape index (κ1) is 21.9. The lowest BCUT2D eigenvalue weighted by Gasteiger charge is -2.11. The Morgan fingerprint density at radius 3 is 2.24 bits per heavy atom. The molecule has 1 atom stereocenters. The van der Waals surface area contributed by atoms with Gasteiger partial charge in [-0.25, -0.2) is 4.79 Å². The molecule has 7 heteroatoms. The Morgan fingerprint density at radius 2 is 1.59 bits per heavy atom. The molecule has 0 fully saturated rings. The summed E-state index contributed by atoms with van der Waals surface area (Å²) in [5.41, 5.74) is 2.51. The highest BCUT2D eigenvalue weighted by atomic mass is 16.5. The Bertz CT molecular complexity index is 807. The third kappa shape index (κ3) is 8.04. The first-order valence-electron chi connectivity index (χ1n) is 9.63. The Morgan fingerprint density at radius 1 is 0.931 bits per heavy atom. The van der Waals surface area contributed by atoms with Crippen molar-refractivity contribution < 1.29 is 19.1 Å². The molecule has 2 aromatic rings. The molecule has 0 aromatic heterocycles. The van der Waals surface area contributed by atoms with Crippen LogP contribution < -0.4 is 16.0 Å². The Kier molecular flexibility index (Phi) is 8.69. The second-order valence-electron chi connectivity index (χ2n) is 6.64. The van der Waals surface area contributed by atoms with Crippen molar-refractivity contribution >= 4 is 29.3 Å². The van der Waals surface area contributed by atoms with Crippen LogP contribution in [-0.4, -0.2) is 31.1 Å². The van der Waals surface area contributed by atoms with Crippen molar-refractivity contribution in [3.05, 3.63) is 60.2 Å². The van der Waals surface area contributed by atoms with Gasteiger partial charge >= 0.3 is 12.0 Å². The zero-order chi connectivity index (χ0) is 21.1. The molecular formula is C22H27N3O4. The number of hydrogen-bond donors (Lipinski definition) is 3. The molecule has 0 unspecified atom stereocenters. The van der Waals surface area contributed by atoms with Gasteiger partial charge in [-0.3, -0.25) is 9.59 Å². The zero-order valence-corrected chi connectivity index (χ0v) is 16.7. The van der Waals surface area contributed by atoms with E-state index in [2.05, 4.69) is 29.8 Å². The summed E-state index contributed by atoms with van der Waals surface area (Å²) in [6.45, 7) is 4.01. The van der Waals surface area contributed by atoms with E-state index in [1.807, 2.05) is 30.3 Å². The molecule has 0 saturated carbocycles. The predicted molar refractivity (Wildman–Crippen MR) is 113 cm³/mol. The number of urea groups is 1. The van der Waals surface area contributed by atoms with Crippen molar-refractivity contribution in [1.82, 2.24) is 5.32 Å². The van der Waals surface area contributed by atoms with E-state index in [1.165, 1.54) is 5.56 Å². The van der Waals surface area contributed by atoms with Crippen molar-refractivity contribution in [1.29, 1.82) is 0 Å². The lowest BCUT2D eigenvalue weighted by atomic mass is 9.99. The summed E-state index contributed by atoms with van der Waals surface area (Å²) < 4.78 is 4.93. The minimum Gasteiger partial charge on any atom is -0.456 e. The van der Waals surface area contributed by atoms with Gasteiger partial charge in [0.1, 0.15) is 0 Å². The molecule has 2 aromatic carbocycles. The molecule has 154 valence electrons. The lowest BCUT2D eigenvalue weighted by molar-refractivity contribution is -0.147. The molecule has 0 saturated heterocycles. The number of amides is 3. The first-order chi connectivity index (χ1) is 14.0. The van der Waals surface area contributed by atoms with Crippen LogP contribution >= 0.6 is 0 Å². The number of hydrogen-bond acceptors (Lipinski definition) is 4. The molecule has 0 spiro atoms. The average Bonchev–Trinajstić information content (AvgIpc) is 2.73.